The molecule has 0 aliphatic heterocycles. The second kappa shape index (κ2) is 3.49. The molecule has 3 N–H and O–H groups in total. The number of alkyl halides is 3. The molecule has 5 heteroatoms. The Kier molecular flexibility index (Phi) is 2.71. The van der Waals surface area contributed by atoms with E-state index in [1.165, 1.54) is 19.1 Å². The first-order chi connectivity index (χ1) is 6.38. The molecule has 0 atom stereocenters. The van der Waals surface area contributed by atoms with E-state index in [1.54, 1.807) is 0 Å². The van der Waals surface area contributed by atoms with Gasteiger partial charge in [-0.25, -0.2) is 0 Å². The van der Waals surface area contributed by atoms with E-state index in [9.17, 15) is 13.2 Å². The van der Waals surface area contributed by atoms with Crippen LogP contribution in [-0.4, -0.2) is 5.11 Å². The first kappa shape index (κ1) is 10.8. The van der Waals surface area contributed by atoms with E-state index in [0.717, 1.165) is 0 Å². The number of halogens is 3. The van der Waals surface area contributed by atoms with Crippen LogP contribution in [0.25, 0.3) is 0 Å². The van der Waals surface area contributed by atoms with Gasteiger partial charge in [-0.1, -0.05) is 6.07 Å². The summed E-state index contributed by atoms with van der Waals surface area (Å²) in [6.45, 7) is 0.646. The van der Waals surface area contributed by atoms with Gasteiger partial charge < -0.3 is 10.8 Å². The maximum Gasteiger partial charge on any atom is 0.417 e. The molecule has 0 amide bonds. The van der Waals surface area contributed by atoms with E-state index in [0.29, 0.717) is 0 Å². The number of nitrogen functional groups attached to an aromatic ring is 1. The molecular weight excluding hydrogens is 195 g/mol. The first-order valence-corrected chi connectivity index (χ1v) is 3.94. The third-order valence-corrected chi connectivity index (χ3v) is 2.05. The fourth-order valence-corrected chi connectivity index (χ4v) is 1.31. The molecule has 0 unspecified atom stereocenters. The average Bonchev–Trinajstić information content (AvgIpc) is 2.07. The lowest BCUT2D eigenvalue weighted by Crippen LogP contribution is -2.13. The number of hydrogen-bond donors (Lipinski definition) is 2. The second-order valence-electron chi connectivity index (χ2n) is 2.97. The normalized spacial score (nSPS) is 11.8. The van der Waals surface area contributed by atoms with Crippen LogP contribution >= 0.6 is 0 Å². The number of hydrogen-bond acceptors (Lipinski definition) is 2. The Morgan fingerprint density at radius 2 is 1.93 bits per heavy atom. The number of rotatable bonds is 1. The summed E-state index contributed by atoms with van der Waals surface area (Å²) in [4.78, 5) is 0. The minimum atomic E-state index is -4.47. The van der Waals surface area contributed by atoms with Crippen molar-refractivity contribution in [2.24, 2.45) is 0 Å². The highest BCUT2D eigenvalue weighted by molar-refractivity contribution is 5.54. The standard InChI is InChI=1S/C9H10F3NO/c1-5-7(13)3-2-6(4-14)8(5)9(10,11)12/h2-3,14H,4,13H2,1H3. The van der Waals surface area contributed by atoms with Crippen molar-refractivity contribution in [3.63, 3.8) is 0 Å². The molecular formula is C9H10F3NO. The zero-order valence-corrected chi connectivity index (χ0v) is 7.52. The van der Waals surface area contributed by atoms with E-state index in [4.69, 9.17) is 10.8 Å². The van der Waals surface area contributed by atoms with Crippen LogP contribution in [0.1, 0.15) is 16.7 Å². The molecule has 0 saturated carbocycles. The fourth-order valence-electron chi connectivity index (χ4n) is 1.31. The van der Waals surface area contributed by atoms with Crippen LogP contribution in [0.4, 0.5) is 18.9 Å². The molecule has 1 aromatic carbocycles. The number of anilines is 1. The second-order valence-corrected chi connectivity index (χ2v) is 2.97. The van der Waals surface area contributed by atoms with Crippen molar-refractivity contribution in [1.29, 1.82) is 0 Å². The van der Waals surface area contributed by atoms with Gasteiger partial charge in [0, 0.05) is 5.69 Å². The van der Waals surface area contributed by atoms with Crippen molar-refractivity contribution in [1.82, 2.24) is 0 Å². The molecule has 0 radical (unpaired) electrons. The van der Waals surface area contributed by atoms with Gasteiger partial charge >= 0.3 is 6.18 Å². The maximum absolute atomic E-state index is 12.5. The molecule has 0 fully saturated rings. The molecule has 0 aliphatic rings. The third-order valence-electron chi connectivity index (χ3n) is 2.05. The van der Waals surface area contributed by atoms with Gasteiger partial charge in [0.2, 0.25) is 0 Å². The monoisotopic (exact) mass is 205 g/mol. The van der Waals surface area contributed by atoms with Crippen molar-refractivity contribution in [2.75, 3.05) is 5.73 Å². The molecule has 0 heterocycles. The predicted octanol–water partition coefficient (Wildman–Crippen LogP) is 2.09. The quantitative estimate of drug-likeness (QED) is 0.689. The van der Waals surface area contributed by atoms with E-state index in [2.05, 4.69) is 0 Å². The lowest BCUT2D eigenvalue weighted by molar-refractivity contribution is -0.139. The molecule has 0 bridgehead atoms. The lowest BCUT2D eigenvalue weighted by atomic mass is 10.0. The van der Waals surface area contributed by atoms with Crippen molar-refractivity contribution in [3.05, 3.63) is 28.8 Å². The van der Waals surface area contributed by atoms with Crippen LogP contribution in [-0.2, 0) is 12.8 Å². The molecule has 1 aromatic rings. The van der Waals surface area contributed by atoms with Gasteiger partial charge in [-0.15, -0.1) is 0 Å². The molecule has 0 aliphatic carbocycles. The Balaban J connectivity index is 3.44. The lowest BCUT2D eigenvalue weighted by Gasteiger charge is -2.15. The number of nitrogens with two attached hydrogens (primary N) is 1. The Hall–Kier alpha value is -1.23. The smallest absolute Gasteiger partial charge is 0.399 e. The minimum Gasteiger partial charge on any atom is -0.399 e. The Bertz CT molecular complexity index is 347. The highest BCUT2D eigenvalue weighted by Crippen LogP contribution is 2.36. The minimum absolute atomic E-state index is 0.0379. The zero-order valence-electron chi connectivity index (χ0n) is 7.52. The summed E-state index contributed by atoms with van der Waals surface area (Å²) in [5.74, 6) is 0. The van der Waals surface area contributed by atoms with Crippen LogP contribution in [0.15, 0.2) is 12.1 Å². The van der Waals surface area contributed by atoms with E-state index < -0.39 is 18.3 Å². The molecule has 2 nitrogen and oxygen atoms in total. The Labute approximate surface area is 79.2 Å². The van der Waals surface area contributed by atoms with Gasteiger partial charge in [-0.05, 0) is 24.1 Å². The SMILES string of the molecule is Cc1c(N)ccc(CO)c1C(F)(F)F. The summed E-state index contributed by atoms with van der Waals surface area (Å²) in [5, 5.41) is 8.76. The molecule has 0 saturated heterocycles. The number of aliphatic hydroxyl groups excluding tert-OH is 1. The first-order valence-electron chi connectivity index (χ1n) is 3.94. The van der Waals surface area contributed by atoms with Crippen molar-refractivity contribution in [3.8, 4) is 0 Å². The summed E-state index contributed by atoms with van der Waals surface area (Å²) in [6, 6.07) is 2.54. The van der Waals surface area contributed by atoms with Gasteiger partial charge in [-0.3, -0.25) is 0 Å². The molecule has 78 valence electrons. The van der Waals surface area contributed by atoms with Crippen molar-refractivity contribution < 1.29 is 18.3 Å². The largest absolute Gasteiger partial charge is 0.417 e. The van der Waals surface area contributed by atoms with Crippen molar-refractivity contribution in [2.45, 2.75) is 19.7 Å². The summed E-state index contributed by atoms with van der Waals surface area (Å²) < 4.78 is 37.5. The average molecular weight is 205 g/mol. The topological polar surface area (TPSA) is 46.2 Å². The number of benzene rings is 1. The highest BCUT2D eigenvalue weighted by atomic mass is 19.4. The summed E-state index contributed by atoms with van der Waals surface area (Å²) in [6.07, 6.45) is -4.47. The molecule has 0 spiro atoms. The highest BCUT2D eigenvalue weighted by Gasteiger charge is 2.35. The summed E-state index contributed by atoms with van der Waals surface area (Å²) >= 11 is 0. The number of aliphatic hydroxyl groups is 1. The van der Waals surface area contributed by atoms with E-state index in [-0.39, 0.29) is 16.8 Å². The summed E-state index contributed by atoms with van der Waals surface area (Å²) in [5.41, 5.74) is 4.42. The van der Waals surface area contributed by atoms with Crippen LogP contribution in [0.5, 0.6) is 0 Å². The van der Waals surface area contributed by atoms with Crippen LogP contribution in [0.2, 0.25) is 0 Å². The van der Waals surface area contributed by atoms with Crippen LogP contribution < -0.4 is 5.73 Å². The van der Waals surface area contributed by atoms with Gasteiger partial charge in [0.15, 0.2) is 0 Å². The van der Waals surface area contributed by atoms with Gasteiger partial charge in [0.1, 0.15) is 0 Å². The van der Waals surface area contributed by atoms with Gasteiger partial charge in [-0.2, -0.15) is 13.2 Å². The van der Waals surface area contributed by atoms with E-state index >= 15 is 0 Å². The van der Waals surface area contributed by atoms with E-state index in [1.807, 2.05) is 0 Å². The molecule has 14 heavy (non-hydrogen) atoms. The fraction of sp³-hybridized carbons (Fsp3) is 0.333. The predicted molar refractivity (Wildman–Crippen MR) is 46.5 cm³/mol. The summed E-state index contributed by atoms with van der Waals surface area (Å²) in [7, 11) is 0. The molecule has 1 rings (SSSR count). The van der Waals surface area contributed by atoms with Crippen LogP contribution in [0.3, 0.4) is 0 Å². The Morgan fingerprint density at radius 1 is 1.36 bits per heavy atom. The Morgan fingerprint density at radius 3 is 2.36 bits per heavy atom. The zero-order chi connectivity index (χ0) is 10.9. The maximum atomic E-state index is 12.5. The van der Waals surface area contributed by atoms with Gasteiger partial charge in [0.25, 0.3) is 0 Å². The van der Waals surface area contributed by atoms with Gasteiger partial charge in [0.05, 0.1) is 12.2 Å². The van der Waals surface area contributed by atoms with Crippen molar-refractivity contribution >= 4 is 5.69 Å². The molecule has 0 aromatic heterocycles. The van der Waals surface area contributed by atoms with Crippen LogP contribution in [0, 0.1) is 6.92 Å². The third kappa shape index (κ3) is 1.82.